The van der Waals surface area contributed by atoms with Crippen molar-refractivity contribution in [1.82, 2.24) is 0 Å². The second-order valence-corrected chi connectivity index (χ2v) is 8.63. The number of carboxylic acid groups (broad SMARTS) is 1. The van der Waals surface area contributed by atoms with E-state index in [0.29, 0.717) is 6.42 Å². The van der Waals surface area contributed by atoms with Crippen molar-refractivity contribution in [3.8, 4) is 0 Å². The number of para-hydroxylation sites is 1. The van der Waals surface area contributed by atoms with Gasteiger partial charge in [-0.05, 0) is 60.1 Å². The summed E-state index contributed by atoms with van der Waals surface area (Å²) < 4.78 is 0. The van der Waals surface area contributed by atoms with E-state index in [1.807, 2.05) is 55.5 Å². The maximum atomic E-state index is 13.2. The van der Waals surface area contributed by atoms with E-state index in [4.69, 9.17) is 0 Å². The quantitative estimate of drug-likeness (QED) is 0.518. The molecule has 3 aromatic rings. The molecule has 1 saturated carbocycles. The zero-order valence-electron chi connectivity index (χ0n) is 17.9. The van der Waals surface area contributed by atoms with Crippen LogP contribution in [0.25, 0.3) is 10.8 Å². The minimum absolute atomic E-state index is 0.0535. The van der Waals surface area contributed by atoms with Gasteiger partial charge in [-0.3, -0.25) is 9.59 Å². The number of fused-ring (bicyclic) bond motifs is 1. The highest BCUT2D eigenvalue weighted by atomic mass is 16.4. The van der Waals surface area contributed by atoms with E-state index in [1.165, 1.54) is 0 Å². The SMILES string of the molecule is CC(C(=O)Nc1ccccc1C[C@H]1CCCC[C@@H]1C(=O)O)c1cccc2ccccc12. The molecule has 0 aromatic heterocycles. The van der Waals surface area contributed by atoms with E-state index in [1.54, 1.807) is 0 Å². The smallest absolute Gasteiger partial charge is 0.306 e. The van der Waals surface area contributed by atoms with Crippen LogP contribution in [0.5, 0.6) is 0 Å². The van der Waals surface area contributed by atoms with Crippen LogP contribution in [-0.2, 0) is 16.0 Å². The Bertz CT molecular complexity index is 1090. The Balaban J connectivity index is 1.54. The summed E-state index contributed by atoms with van der Waals surface area (Å²) in [6.45, 7) is 1.93. The van der Waals surface area contributed by atoms with Crippen molar-refractivity contribution in [3.63, 3.8) is 0 Å². The fraction of sp³-hybridized carbons (Fsp3) is 0.333. The molecule has 4 rings (SSSR count). The van der Waals surface area contributed by atoms with Gasteiger partial charge in [-0.2, -0.15) is 0 Å². The number of hydrogen-bond donors (Lipinski definition) is 2. The van der Waals surface area contributed by atoms with Crippen molar-refractivity contribution in [1.29, 1.82) is 0 Å². The summed E-state index contributed by atoms with van der Waals surface area (Å²) in [5.41, 5.74) is 2.81. The molecule has 0 saturated heterocycles. The second kappa shape index (κ2) is 9.34. The molecular formula is C27H29NO3. The molecule has 1 aliphatic carbocycles. The molecule has 1 amide bonds. The number of hydrogen-bond acceptors (Lipinski definition) is 2. The predicted octanol–water partition coefficient (Wildman–Crippen LogP) is 6.02. The van der Waals surface area contributed by atoms with E-state index in [0.717, 1.165) is 53.3 Å². The number of carbonyl (C=O) groups excluding carboxylic acids is 1. The van der Waals surface area contributed by atoms with E-state index >= 15 is 0 Å². The fourth-order valence-electron chi connectivity index (χ4n) is 4.89. The summed E-state index contributed by atoms with van der Waals surface area (Å²) in [6, 6.07) is 22.0. The molecule has 3 aromatic carbocycles. The number of anilines is 1. The fourth-order valence-corrected chi connectivity index (χ4v) is 4.89. The van der Waals surface area contributed by atoms with Crippen LogP contribution in [0.1, 0.15) is 49.7 Å². The van der Waals surface area contributed by atoms with E-state index in [9.17, 15) is 14.7 Å². The molecule has 1 fully saturated rings. The van der Waals surface area contributed by atoms with Crippen molar-refractivity contribution in [3.05, 3.63) is 77.9 Å². The number of nitrogens with one attached hydrogen (secondary N) is 1. The highest BCUT2D eigenvalue weighted by molar-refractivity contribution is 5.99. The Morgan fingerprint density at radius 1 is 0.968 bits per heavy atom. The molecule has 3 atom stereocenters. The summed E-state index contributed by atoms with van der Waals surface area (Å²) in [4.78, 5) is 24.9. The average molecular weight is 416 g/mol. The molecule has 1 unspecified atom stereocenters. The monoisotopic (exact) mass is 415 g/mol. The third-order valence-electron chi connectivity index (χ3n) is 6.67. The molecule has 31 heavy (non-hydrogen) atoms. The lowest BCUT2D eigenvalue weighted by molar-refractivity contribution is -0.144. The zero-order valence-corrected chi connectivity index (χ0v) is 17.9. The number of carboxylic acids is 1. The lowest BCUT2D eigenvalue weighted by atomic mass is 9.76. The Kier molecular flexibility index (Phi) is 6.36. The van der Waals surface area contributed by atoms with Crippen LogP contribution in [0, 0.1) is 11.8 Å². The van der Waals surface area contributed by atoms with Gasteiger partial charge >= 0.3 is 5.97 Å². The summed E-state index contributed by atoms with van der Waals surface area (Å²) in [5, 5.41) is 15.0. The van der Waals surface area contributed by atoms with E-state index in [2.05, 4.69) is 23.5 Å². The summed E-state index contributed by atoms with van der Waals surface area (Å²) >= 11 is 0. The van der Waals surface area contributed by atoms with Crippen LogP contribution in [0.2, 0.25) is 0 Å². The summed E-state index contributed by atoms with van der Waals surface area (Å²) in [5.74, 6) is -1.24. The van der Waals surface area contributed by atoms with Crippen LogP contribution in [0.15, 0.2) is 66.7 Å². The number of aliphatic carboxylic acids is 1. The first-order valence-corrected chi connectivity index (χ1v) is 11.1. The van der Waals surface area contributed by atoms with Gasteiger partial charge in [0.2, 0.25) is 5.91 Å². The Labute approximate surface area is 183 Å². The molecular weight excluding hydrogens is 386 g/mol. The minimum Gasteiger partial charge on any atom is -0.481 e. The van der Waals surface area contributed by atoms with Gasteiger partial charge in [-0.1, -0.05) is 73.5 Å². The number of benzene rings is 3. The first-order valence-electron chi connectivity index (χ1n) is 11.1. The first kappa shape index (κ1) is 21.1. The van der Waals surface area contributed by atoms with Crippen LogP contribution in [0.3, 0.4) is 0 Å². The molecule has 4 nitrogen and oxygen atoms in total. The van der Waals surface area contributed by atoms with Gasteiger partial charge in [0.05, 0.1) is 11.8 Å². The van der Waals surface area contributed by atoms with Crippen molar-refractivity contribution >= 4 is 28.3 Å². The average Bonchev–Trinajstić information content (AvgIpc) is 2.79. The van der Waals surface area contributed by atoms with Gasteiger partial charge in [0, 0.05) is 5.69 Å². The Hall–Kier alpha value is -3.14. The molecule has 1 aliphatic rings. The van der Waals surface area contributed by atoms with Crippen LogP contribution in [-0.4, -0.2) is 17.0 Å². The minimum atomic E-state index is -0.698. The number of amides is 1. The number of rotatable bonds is 6. The third-order valence-corrected chi connectivity index (χ3v) is 6.67. The van der Waals surface area contributed by atoms with E-state index in [-0.39, 0.29) is 23.7 Å². The largest absolute Gasteiger partial charge is 0.481 e. The summed E-state index contributed by atoms with van der Waals surface area (Å²) in [7, 11) is 0. The molecule has 0 bridgehead atoms. The highest BCUT2D eigenvalue weighted by Crippen LogP contribution is 2.35. The number of carbonyl (C=O) groups is 2. The van der Waals surface area contributed by atoms with Crippen molar-refractivity contribution in [2.45, 2.75) is 44.9 Å². The van der Waals surface area contributed by atoms with Crippen molar-refractivity contribution in [2.24, 2.45) is 11.8 Å². The second-order valence-electron chi connectivity index (χ2n) is 8.63. The highest BCUT2D eigenvalue weighted by Gasteiger charge is 2.31. The third kappa shape index (κ3) is 4.63. The predicted molar refractivity (Wildman–Crippen MR) is 124 cm³/mol. The van der Waals surface area contributed by atoms with Crippen molar-refractivity contribution < 1.29 is 14.7 Å². The van der Waals surface area contributed by atoms with Gasteiger partial charge in [0.1, 0.15) is 0 Å². The maximum absolute atomic E-state index is 13.2. The van der Waals surface area contributed by atoms with Gasteiger partial charge in [0.15, 0.2) is 0 Å². The molecule has 4 heteroatoms. The molecule has 0 heterocycles. The van der Waals surface area contributed by atoms with Gasteiger partial charge in [-0.15, -0.1) is 0 Å². The topological polar surface area (TPSA) is 66.4 Å². The summed E-state index contributed by atoms with van der Waals surface area (Å²) in [6.07, 6.45) is 4.39. The standard InChI is InChI=1S/C27H29NO3/c1-18(22-15-8-12-19-9-2-5-13-23(19)22)26(29)28-25-16-7-4-11-21(25)17-20-10-3-6-14-24(20)27(30)31/h2,4-5,7-9,11-13,15-16,18,20,24H,3,6,10,14,17H2,1H3,(H,28,29)(H,30,31)/t18?,20-,24+/m1/s1. The zero-order chi connectivity index (χ0) is 21.8. The van der Waals surface area contributed by atoms with Gasteiger partial charge in [-0.25, -0.2) is 0 Å². The van der Waals surface area contributed by atoms with E-state index < -0.39 is 5.97 Å². The van der Waals surface area contributed by atoms with Crippen LogP contribution >= 0.6 is 0 Å². The van der Waals surface area contributed by atoms with Gasteiger partial charge in [0.25, 0.3) is 0 Å². The molecule has 0 radical (unpaired) electrons. The maximum Gasteiger partial charge on any atom is 0.306 e. The molecule has 0 aliphatic heterocycles. The first-order chi connectivity index (χ1) is 15.0. The molecule has 2 N–H and O–H groups in total. The van der Waals surface area contributed by atoms with Crippen LogP contribution in [0.4, 0.5) is 5.69 Å². The normalized spacial score (nSPS) is 19.6. The van der Waals surface area contributed by atoms with Crippen molar-refractivity contribution in [2.75, 3.05) is 5.32 Å². The molecule has 160 valence electrons. The Morgan fingerprint density at radius 3 is 2.52 bits per heavy atom. The lowest BCUT2D eigenvalue weighted by Crippen LogP contribution is -2.29. The van der Waals surface area contributed by atoms with Crippen LogP contribution < -0.4 is 5.32 Å². The Morgan fingerprint density at radius 2 is 1.68 bits per heavy atom. The molecule has 0 spiro atoms. The van der Waals surface area contributed by atoms with Gasteiger partial charge < -0.3 is 10.4 Å². The lowest BCUT2D eigenvalue weighted by Gasteiger charge is -2.29.